The molecule has 1 aromatic carbocycles. The third kappa shape index (κ3) is 2.77. The van der Waals surface area contributed by atoms with E-state index < -0.39 is 0 Å². The lowest BCUT2D eigenvalue weighted by Gasteiger charge is -2.39. The van der Waals surface area contributed by atoms with Gasteiger partial charge in [0.15, 0.2) is 0 Å². The SMILES string of the molecule is Cn1c(CN2CCOC[C@@H]2[C@H]2CCC[C@H]2O)nc2ccccc21. The van der Waals surface area contributed by atoms with Crippen molar-refractivity contribution in [3.8, 4) is 0 Å². The molecule has 0 radical (unpaired) electrons. The topological polar surface area (TPSA) is 50.5 Å². The molecule has 1 saturated carbocycles. The fraction of sp³-hybridized carbons (Fsp3) is 0.611. The summed E-state index contributed by atoms with van der Waals surface area (Å²) in [4.78, 5) is 7.27. The molecule has 4 rings (SSSR count). The van der Waals surface area contributed by atoms with Gasteiger partial charge in [-0.05, 0) is 25.0 Å². The standard InChI is InChI=1S/C18H25N3O2/c1-20-15-7-3-2-6-14(15)19-18(20)11-21-9-10-23-12-16(21)13-5-4-8-17(13)22/h2-3,6-7,13,16-17,22H,4-5,8-12H2,1H3/t13-,16-,17-/m1/s1. The van der Waals surface area contributed by atoms with Crippen LogP contribution in [0.1, 0.15) is 25.1 Å². The van der Waals surface area contributed by atoms with Crippen molar-refractivity contribution in [2.75, 3.05) is 19.8 Å². The van der Waals surface area contributed by atoms with Crippen LogP contribution in [0.25, 0.3) is 11.0 Å². The highest BCUT2D eigenvalue weighted by Gasteiger charge is 2.37. The summed E-state index contributed by atoms with van der Waals surface area (Å²) in [5, 5.41) is 10.3. The number of fused-ring (bicyclic) bond motifs is 1. The Labute approximate surface area is 136 Å². The van der Waals surface area contributed by atoms with Crippen molar-refractivity contribution in [2.45, 2.75) is 38.0 Å². The number of morpholine rings is 1. The van der Waals surface area contributed by atoms with Gasteiger partial charge in [-0.15, -0.1) is 0 Å². The maximum absolute atomic E-state index is 10.3. The molecule has 2 heterocycles. The molecule has 0 unspecified atom stereocenters. The van der Waals surface area contributed by atoms with Gasteiger partial charge in [0.1, 0.15) is 5.82 Å². The molecule has 23 heavy (non-hydrogen) atoms. The zero-order valence-electron chi connectivity index (χ0n) is 13.7. The number of rotatable bonds is 3. The molecule has 1 aromatic heterocycles. The number of aliphatic hydroxyl groups is 1. The van der Waals surface area contributed by atoms with E-state index in [0.29, 0.717) is 12.0 Å². The lowest BCUT2D eigenvalue weighted by Crippen LogP contribution is -2.50. The monoisotopic (exact) mass is 315 g/mol. The van der Waals surface area contributed by atoms with Crippen LogP contribution in [0.4, 0.5) is 0 Å². The number of aryl methyl sites for hydroxylation is 1. The summed E-state index contributed by atoms with van der Waals surface area (Å²) in [6.07, 6.45) is 2.99. The average molecular weight is 315 g/mol. The lowest BCUT2D eigenvalue weighted by molar-refractivity contribution is -0.0547. The summed E-state index contributed by atoms with van der Waals surface area (Å²) in [6, 6.07) is 8.58. The molecule has 1 N–H and O–H groups in total. The van der Waals surface area contributed by atoms with Gasteiger partial charge in [-0.3, -0.25) is 4.90 Å². The van der Waals surface area contributed by atoms with Crippen molar-refractivity contribution in [3.63, 3.8) is 0 Å². The first-order valence-corrected chi connectivity index (χ1v) is 8.64. The summed E-state index contributed by atoms with van der Waals surface area (Å²) in [6.45, 7) is 3.23. The third-order valence-electron chi connectivity index (χ3n) is 5.53. The van der Waals surface area contributed by atoms with Crippen LogP contribution in [-0.4, -0.2) is 51.5 Å². The first-order chi connectivity index (χ1) is 11.2. The number of benzene rings is 1. The Morgan fingerprint density at radius 1 is 1.30 bits per heavy atom. The summed E-state index contributed by atoms with van der Waals surface area (Å²) in [5.41, 5.74) is 2.23. The summed E-state index contributed by atoms with van der Waals surface area (Å²) in [5.74, 6) is 1.43. The molecule has 5 heteroatoms. The van der Waals surface area contributed by atoms with Crippen LogP contribution in [0, 0.1) is 5.92 Å². The van der Waals surface area contributed by atoms with Crippen LogP contribution >= 0.6 is 0 Å². The van der Waals surface area contributed by atoms with Gasteiger partial charge in [-0.25, -0.2) is 4.98 Å². The zero-order valence-corrected chi connectivity index (χ0v) is 13.7. The van der Waals surface area contributed by atoms with Gasteiger partial charge in [0.05, 0.1) is 36.9 Å². The normalized spacial score (nSPS) is 29.4. The van der Waals surface area contributed by atoms with E-state index in [2.05, 4.69) is 34.7 Å². The van der Waals surface area contributed by atoms with Crippen molar-refractivity contribution in [1.29, 1.82) is 0 Å². The average Bonchev–Trinajstić information content (AvgIpc) is 3.13. The van der Waals surface area contributed by atoms with E-state index in [1.54, 1.807) is 0 Å². The minimum absolute atomic E-state index is 0.176. The second-order valence-corrected chi connectivity index (χ2v) is 6.85. The smallest absolute Gasteiger partial charge is 0.123 e. The minimum Gasteiger partial charge on any atom is -0.393 e. The molecule has 5 nitrogen and oxygen atoms in total. The predicted molar refractivity (Wildman–Crippen MR) is 89.1 cm³/mol. The van der Waals surface area contributed by atoms with Crippen LogP contribution < -0.4 is 0 Å². The Kier molecular flexibility index (Phi) is 4.09. The highest BCUT2D eigenvalue weighted by Crippen LogP contribution is 2.33. The second-order valence-electron chi connectivity index (χ2n) is 6.85. The number of aliphatic hydroxyl groups excluding tert-OH is 1. The van der Waals surface area contributed by atoms with Gasteiger partial charge in [0, 0.05) is 25.6 Å². The van der Waals surface area contributed by atoms with Crippen molar-refractivity contribution in [2.24, 2.45) is 13.0 Å². The minimum atomic E-state index is -0.176. The molecular weight excluding hydrogens is 290 g/mol. The van der Waals surface area contributed by atoms with Crippen molar-refractivity contribution >= 4 is 11.0 Å². The van der Waals surface area contributed by atoms with E-state index in [0.717, 1.165) is 56.9 Å². The van der Waals surface area contributed by atoms with E-state index in [4.69, 9.17) is 9.72 Å². The molecule has 1 aliphatic carbocycles. The Morgan fingerprint density at radius 3 is 2.96 bits per heavy atom. The maximum atomic E-state index is 10.3. The van der Waals surface area contributed by atoms with E-state index in [-0.39, 0.29) is 6.10 Å². The fourth-order valence-electron chi connectivity index (χ4n) is 4.18. The molecule has 124 valence electrons. The van der Waals surface area contributed by atoms with Crippen molar-refractivity contribution in [3.05, 3.63) is 30.1 Å². The number of ether oxygens (including phenoxy) is 1. The third-order valence-corrected chi connectivity index (χ3v) is 5.53. The van der Waals surface area contributed by atoms with Crippen LogP contribution in [-0.2, 0) is 18.3 Å². The van der Waals surface area contributed by atoms with E-state index >= 15 is 0 Å². The maximum Gasteiger partial charge on any atom is 0.123 e. The molecule has 0 amide bonds. The number of hydrogen-bond acceptors (Lipinski definition) is 4. The van der Waals surface area contributed by atoms with Gasteiger partial charge in [0.2, 0.25) is 0 Å². The van der Waals surface area contributed by atoms with Crippen LogP contribution in [0.3, 0.4) is 0 Å². The second kappa shape index (κ2) is 6.23. The Balaban J connectivity index is 1.58. The van der Waals surface area contributed by atoms with Crippen LogP contribution in [0.5, 0.6) is 0 Å². The Morgan fingerprint density at radius 2 is 2.17 bits per heavy atom. The molecule has 2 fully saturated rings. The van der Waals surface area contributed by atoms with Gasteiger partial charge in [0.25, 0.3) is 0 Å². The highest BCUT2D eigenvalue weighted by atomic mass is 16.5. The van der Waals surface area contributed by atoms with E-state index in [9.17, 15) is 5.11 Å². The highest BCUT2D eigenvalue weighted by molar-refractivity contribution is 5.75. The van der Waals surface area contributed by atoms with Gasteiger partial charge in [-0.2, -0.15) is 0 Å². The summed E-state index contributed by atoms with van der Waals surface area (Å²) >= 11 is 0. The fourth-order valence-corrected chi connectivity index (χ4v) is 4.18. The zero-order chi connectivity index (χ0) is 15.8. The molecule has 1 saturated heterocycles. The van der Waals surface area contributed by atoms with Crippen LogP contribution in [0.2, 0.25) is 0 Å². The van der Waals surface area contributed by atoms with Gasteiger partial charge < -0.3 is 14.4 Å². The predicted octanol–water partition coefficient (Wildman–Crippen LogP) is 1.94. The first-order valence-electron chi connectivity index (χ1n) is 8.64. The van der Waals surface area contributed by atoms with E-state index in [1.165, 1.54) is 5.52 Å². The Hall–Kier alpha value is -1.43. The molecular formula is C18H25N3O2. The first kappa shape index (κ1) is 15.1. The van der Waals surface area contributed by atoms with Gasteiger partial charge in [-0.1, -0.05) is 18.6 Å². The molecule has 0 bridgehead atoms. The number of hydrogen-bond donors (Lipinski definition) is 1. The lowest BCUT2D eigenvalue weighted by atomic mass is 9.94. The Bertz CT molecular complexity index is 684. The number of para-hydroxylation sites is 2. The summed E-state index contributed by atoms with van der Waals surface area (Å²) in [7, 11) is 2.09. The van der Waals surface area contributed by atoms with Crippen molar-refractivity contribution < 1.29 is 9.84 Å². The molecule has 0 spiro atoms. The molecule has 3 atom stereocenters. The molecule has 2 aromatic rings. The van der Waals surface area contributed by atoms with Crippen molar-refractivity contribution in [1.82, 2.24) is 14.5 Å². The molecule has 2 aliphatic rings. The number of aromatic nitrogens is 2. The number of nitrogens with zero attached hydrogens (tertiary/aromatic N) is 3. The van der Waals surface area contributed by atoms with Gasteiger partial charge >= 0.3 is 0 Å². The largest absolute Gasteiger partial charge is 0.393 e. The summed E-state index contributed by atoms with van der Waals surface area (Å²) < 4.78 is 7.91. The van der Waals surface area contributed by atoms with E-state index in [1.807, 2.05) is 6.07 Å². The van der Waals surface area contributed by atoms with Crippen LogP contribution in [0.15, 0.2) is 24.3 Å². The number of imidazole rings is 1. The molecule has 1 aliphatic heterocycles. The quantitative estimate of drug-likeness (QED) is 0.940.